The van der Waals surface area contributed by atoms with Gasteiger partial charge >= 0.3 is 0 Å². The van der Waals surface area contributed by atoms with Crippen molar-refractivity contribution in [3.63, 3.8) is 0 Å². The summed E-state index contributed by atoms with van der Waals surface area (Å²) < 4.78 is 5.62. The van der Waals surface area contributed by atoms with Crippen LogP contribution in [0.3, 0.4) is 0 Å². The van der Waals surface area contributed by atoms with Crippen molar-refractivity contribution in [2.24, 2.45) is 0 Å². The number of carbonyl (C=O) groups excluding carboxylic acids is 1. The molecule has 3 aliphatic rings. The number of hydrogen-bond donors (Lipinski definition) is 1. The number of phenolic OH excluding ortho intramolecular Hbond substituents is 1. The summed E-state index contributed by atoms with van der Waals surface area (Å²) >= 11 is 0. The fourth-order valence-corrected chi connectivity index (χ4v) is 4.75. The van der Waals surface area contributed by atoms with E-state index in [-0.39, 0.29) is 16.9 Å². The predicted octanol–water partition coefficient (Wildman–Crippen LogP) is 2.88. The normalized spacial score (nSPS) is 29.7. The number of likely N-dealkylation sites (N-methyl/N-ethyl adjacent to an activating group) is 1. The van der Waals surface area contributed by atoms with Gasteiger partial charge in [-0.15, -0.1) is 0 Å². The van der Waals surface area contributed by atoms with Gasteiger partial charge in [-0.1, -0.05) is 6.08 Å². The van der Waals surface area contributed by atoms with Crippen LogP contribution in [0.25, 0.3) is 0 Å². The number of allylic oxidation sites excluding steroid dienone is 2. The van der Waals surface area contributed by atoms with Crippen LogP contribution in [0, 0.1) is 0 Å². The van der Waals surface area contributed by atoms with Crippen LogP contribution in [0.15, 0.2) is 18.2 Å². The van der Waals surface area contributed by atoms with Crippen molar-refractivity contribution in [1.29, 1.82) is 0 Å². The van der Waals surface area contributed by atoms with E-state index in [1.807, 2.05) is 6.07 Å². The molecule has 0 saturated carbocycles. The zero-order valence-corrected chi connectivity index (χ0v) is 13.8. The molecule has 0 aromatic heterocycles. The van der Waals surface area contributed by atoms with E-state index >= 15 is 0 Å². The molecule has 0 amide bonds. The van der Waals surface area contributed by atoms with Gasteiger partial charge in [-0.2, -0.15) is 0 Å². The van der Waals surface area contributed by atoms with Gasteiger partial charge in [-0.25, -0.2) is 0 Å². The zero-order valence-electron chi connectivity index (χ0n) is 13.8. The van der Waals surface area contributed by atoms with Gasteiger partial charge in [-0.05, 0) is 56.0 Å². The summed E-state index contributed by atoms with van der Waals surface area (Å²) in [7, 11) is 3.80. The van der Waals surface area contributed by atoms with Crippen molar-refractivity contribution < 1.29 is 14.6 Å². The Morgan fingerprint density at radius 2 is 2.17 bits per heavy atom. The maximum Gasteiger partial charge on any atom is 0.164 e. The number of benzene rings is 1. The maximum atomic E-state index is 11.7. The van der Waals surface area contributed by atoms with E-state index in [1.54, 1.807) is 13.2 Å². The Labute approximate surface area is 136 Å². The van der Waals surface area contributed by atoms with Gasteiger partial charge in [0.1, 0.15) is 0 Å². The van der Waals surface area contributed by atoms with E-state index in [1.165, 1.54) is 11.1 Å². The molecule has 4 heteroatoms. The second-order valence-electron chi connectivity index (χ2n) is 7.12. The molecule has 1 heterocycles. The average molecular weight is 313 g/mol. The minimum atomic E-state index is -0.170. The third kappa shape index (κ3) is 2.04. The lowest BCUT2D eigenvalue weighted by Gasteiger charge is -2.47. The van der Waals surface area contributed by atoms with E-state index < -0.39 is 0 Å². The fraction of sp³-hybridized carbons (Fsp3) is 0.526. The van der Waals surface area contributed by atoms with Crippen molar-refractivity contribution in [1.82, 2.24) is 4.90 Å². The molecule has 0 bridgehead atoms. The van der Waals surface area contributed by atoms with Crippen LogP contribution in [-0.4, -0.2) is 36.5 Å². The standard InChI is InChI=1S/C19H23NO3/c1-20-10-6-12-11-15(22)18(23-2)17-16(12)14(20)5-9-19(17)7-3-13(21)4-8-19/h3,7,11,14,22H,4-6,8-10H2,1-2H3. The third-order valence-electron chi connectivity index (χ3n) is 5.96. The maximum absolute atomic E-state index is 11.7. The number of nitrogens with zero attached hydrogens (tertiary/aromatic N) is 1. The Balaban J connectivity index is 2.00. The Hall–Kier alpha value is -1.81. The van der Waals surface area contributed by atoms with Crippen LogP contribution in [0.5, 0.6) is 11.5 Å². The number of ketones is 1. The highest BCUT2D eigenvalue weighted by Crippen LogP contribution is 2.56. The van der Waals surface area contributed by atoms with Crippen LogP contribution in [0.1, 0.15) is 48.4 Å². The average Bonchev–Trinajstić information content (AvgIpc) is 2.55. The minimum absolute atomic E-state index is 0.170. The van der Waals surface area contributed by atoms with Gasteiger partial charge in [0.15, 0.2) is 17.3 Å². The molecule has 23 heavy (non-hydrogen) atoms. The molecule has 1 aliphatic heterocycles. The number of phenols is 1. The van der Waals surface area contributed by atoms with E-state index in [4.69, 9.17) is 4.74 Å². The fourth-order valence-electron chi connectivity index (χ4n) is 4.75. The van der Waals surface area contributed by atoms with E-state index in [0.29, 0.717) is 18.2 Å². The molecule has 1 aromatic rings. The number of fused-ring (bicyclic) bond motifs is 1. The molecule has 1 aromatic carbocycles. The summed E-state index contributed by atoms with van der Waals surface area (Å²) in [6.07, 6.45) is 8.22. The Bertz CT molecular complexity index is 709. The minimum Gasteiger partial charge on any atom is -0.504 e. The predicted molar refractivity (Wildman–Crippen MR) is 88.0 cm³/mol. The molecule has 2 atom stereocenters. The summed E-state index contributed by atoms with van der Waals surface area (Å²) in [4.78, 5) is 14.1. The van der Waals surface area contributed by atoms with Gasteiger partial charge in [0, 0.05) is 30.0 Å². The molecule has 0 radical (unpaired) electrons. The van der Waals surface area contributed by atoms with Gasteiger partial charge < -0.3 is 9.84 Å². The lowest BCUT2D eigenvalue weighted by Crippen LogP contribution is -2.41. The first-order valence-corrected chi connectivity index (χ1v) is 8.41. The Morgan fingerprint density at radius 1 is 1.35 bits per heavy atom. The third-order valence-corrected chi connectivity index (χ3v) is 5.96. The summed E-state index contributed by atoms with van der Waals surface area (Å²) in [5.74, 6) is 1.03. The molecule has 1 N–H and O–H groups in total. The van der Waals surface area contributed by atoms with Crippen molar-refractivity contribution in [2.75, 3.05) is 20.7 Å². The SMILES string of the molecule is COc1c(O)cc2c3c1C1(C=CC(=O)CC1)CCC3N(C)CC2. The van der Waals surface area contributed by atoms with Crippen LogP contribution in [0.4, 0.5) is 0 Å². The van der Waals surface area contributed by atoms with Crippen LogP contribution >= 0.6 is 0 Å². The van der Waals surface area contributed by atoms with Crippen molar-refractivity contribution in [3.05, 3.63) is 34.9 Å². The molecule has 2 unspecified atom stereocenters. The molecule has 4 rings (SSSR count). The lowest BCUT2D eigenvalue weighted by molar-refractivity contribution is -0.115. The van der Waals surface area contributed by atoms with Crippen molar-refractivity contribution in [2.45, 2.75) is 43.6 Å². The zero-order chi connectivity index (χ0) is 16.2. The van der Waals surface area contributed by atoms with Gasteiger partial charge in [0.25, 0.3) is 0 Å². The van der Waals surface area contributed by atoms with Gasteiger partial charge in [-0.3, -0.25) is 9.69 Å². The van der Waals surface area contributed by atoms with Crippen LogP contribution < -0.4 is 4.74 Å². The monoisotopic (exact) mass is 313 g/mol. The summed E-state index contributed by atoms with van der Waals surface area (Å²) in [6.45, 7) is 1.02. The van der Waals surface area contributed by atoms with E-state index in [2.05, 4.69) is 18.0 Å². The Kier molecular flexibility index (Phi) is 3.27. The van der Waals surface area contributed by atoms with Gasteiger partial charge in [0.05, 0.1) is 7.11 Å². The second kappa shape index (κ2) is 5.10. The topological polar surface area (TPSA) is 49.8 Å². The quantitative estimate of drug-likeness (QED) is 0.866. The number of ether oxygens (including phenoxy) is 1. The molecular weight excluding hydrogens is 290 g/mol. The molecule has 0 saturated heterocycles. The number of hydrogen-bond acceptors (Lipinski definition) is 4. The largest absolute Gasteiger partial charge is 0.504 e. The molecule has 4 nitrogen and oxygen atoms in total. The van der Waals surface area contributed by atoms with Crippen LogP contribution in [-0.2, 0) is 16.6 Å². The highest BCUT2D eigenvalue weighted by atomic mass is 16.5. The summed E-state index contributed by atoms with van der Waals surface area (Å²) in [5, 5.41) is 10.5. The first-order valence-electron chi connectivity index (χ1n) is 8.41. The van der Waals surface area contributed by atoms with E-state index in [0.717, 1.165) is 37.8 Å². The lowest BCUT2D eigenvalue weighted by atomic mass is 9.62. The number of aromatic hydroxyl groups is 1. The molecule has 2 aliphatic carbocycles. The van der Waals surface area contributed by atoms with Crippen molar-refractivity contribution in [3.8, 4) is 11.5 Å². The molecule has 122 valence electrons. The Morgan fingerprint density at radius 3 is 2.87 bits per heavy atom. The number of rotatable bonds is 1. The first kappa shape index (κ1) is 14.8. The summed E-state index contributed by atoms with van der Waals surface area (Å²) in [5.41, 5.74) is 3.53. The highest BCUT2D eigenvalue weighted by Gasteiger charge is 2.45. The highest BCUT2D eigenvalue weighted by molar-refractivity contribution is 5.91. The smallest absolute Gasteiger partial charge is 0.164 e. The number of carbonyl (C=O) groups is 1. The van der Waals surface area contributed by atoms with Gasteiger partial charge in [0.2, 0.25) is 0 Å². The molecular formula is C19H23NO3. The second-order valence-corrected chi connectivity index (χ2v) is 7.12. The van der Waals surface area contributed by atoms with Crippen molar-refractivity contribution >= 4 is 5.78 Å². The molecule has 1 spiro atoms. The summed E-state index contributed by atoms with van der Waals surface area (Å²) in [6, 6.07) is 2.27. The van der Waals surface area contributed by atoms with E-state index in [9.17, 15) is 9.90 Å². The number of methoxy groups -OCH3 is 1. The first-order chi connectivity index (χ1) is 11.1. The van der Waals surface area contributed by atoms with Crippen LogP contribution in [0.2, 0.25) is 0 Å². The molecule has 0 fully saturated rings.